The first-order chi connectivity index (χ1) is 4.36. The smallest absolute Gasteiger partial charge is 0.0571 e. The van der Waals surface area contributed by atoms with Crippen molar-refractivity contribution in [2.24, 2.45) is 11.8 Å². The fourth-order valence-electron chi connectivity index (χ4n) is 1.37. The van der Waals surface area contributed by atoms with Crippen LogP contribution in [-0.4, -0.2) is 11.2 Å². The van der Waals surface area contributed by atoms with E-state index in [9.17, 15) is 5.11 Å². The molecule has 0 aliphatic heterocycles. The van der Waals surface area contributed by atoms with E-state index in [4.69, 9.17) is 0 Å². The zero-order chi connectivity index (χ0) is 6.27. The molecule has 0 spiro atoms. The van der Waals surface area contributed by atoms with Crippen molar-refractivity contribution in [1.82, 2.24) is 0 Å². The summed E-state index contributed by atoms with van der Waals surface area (Å²) in [4.78, 5) is 0. The van der Waals surface area contributed by atoms with Crippen LogP contribution in [-0.2, 0) is 0 Å². The van der Waals surface area contributed by atoms with E-state index >= 15 is 0 Å². The second kappa shape index (κ2) is 1.98. The maximum atomic E-state index is 9.40. The van der Waals surface area contributed by atoms with Gasteiger partial charge in [0.1, 0.15) is 0 Å². The Hall–Kier alpha value is -0.0400. The summed E-state index contributed by atoms with van der Waals surface area (Å²) < 4.78 is 0. The van der Waals surface area contributed by atoms with E-state index in [1.54, 1.807) is 0 Å². The van der Waals surface area contributed by atoms with Crippen LogP contribution >= 0.6 is 0 Å². The molecule has 1 nitrogen and oxygen atoms in total. The third kappa shape index (κ3) is 1.45. The molecule has 1 N–H and O–H groups in total. The predicted octanol–water partition coefficient (Wildman–Crippen LogP) is 1.56. The van der Waals surface area contributed by atoms with Gasteiger partial charge in [-0.05, 0) is 31.1 Å². The minimum Gasteiger partial charge on any atom is -0.393 e. The first-order valence-corrected chi connectivity index (χ1v) is 4.04. The van der Waals surface area contributed by atoms with Crippen molar-refractivity contribution in [3.8, 4) is 0 Å². The van der Waals surface area contributed by atoms with E-state index in [0.717, 1.165) is 12.3 Å². The molecule has 52 valence electrons. The highest BCUT2D eigenvalue weighted by Gasteiger charge is 2.34. The number of aliphatic hydroxyl groups excluding tert-OH is 1. The summed E-state index contributed by atoms with van der Waals surface area (Å²) in [5, 5.41) is 9.40. The Balaban J connectivity index is 1.69. The molecule has 0 amide bonds. The highest BCUT2D eigenvalue weighted by atomic mass is 16.3. The first kappa shape index (κ1) is 5.72. The molecule has 2 saturated carbocycles. The summed E-state index contributed by atoms with van der Waals surface area (Å²) in [6, 6.07) is 0. The molecule has 2 aliphatic carbocycles. The monoisotopic (exact) mass is 126 g/mol. The standard InChI is InChI=1S/C8H14O/c9-8(7-3-4-7)5-6-1-2-6/h6-9H,1-5H2. The van der Waals surface area contributed by atoms with E-state index in [2.05, 4.69) is 0 Å². The molecular formula is C8H14O. The van der Waals surface area contributed by atoms with Gasteiger partial charge in [0.25, 0.3) is 0 Å². The normalized spacial score (nSPS) is 30.3. The fourth-order valence-corrected chi connectivity index (χ4v) is 1.37. The highest BCUT2D eigenvalue weighted by molar-refractivity contribution is 4.85. The molecule has 0 aromatic heterocycles. The van der Waals surface area contributed by atoms with Gasteiger partial charge in [-0.15, -0.1) is 0 Å². The van der Waals surface area contributed by atoms with Crippen molar-refractivity contribution in [2.45, 2.75) is 38.2 Å². The van der Waals surface area contributed by atoms with Gasteiger partial charge >= 0.3 is 0 Å². The number of rotatable bonds is 3. The van der Waals surface area contributed by atoms with Gasteiger partial charge in [-0.25, -0.2) is 0 Å². The van der Waals surface area contributed by atoms with Crippen LogP contribution in [0.3, 0.4) is 0 Å². The van der Waals surface area contributed by atoms with Crippen LogP contribution in [0.25, 0.3) is 0 Å². The van der Waals surface area contributed by atoms with E-state index in [1.165, 1.54) is 25.7 Å². The summed E-state index contributed by atoms with van der Waals surface area (Å²) in [7, 11) is 0. The average Bonchev–Trinajstić information content (AvgIpc) is 2.62. The Morgan fingerprint density at radius 3 is 2.33 bits per heavy atom. The molecule has 1 atom stereocenters. The summed E-state index contributed by atoms with van der Waals surface area (Å²) in [5.41, 5.74) is 0. The van der Waals surface area contributed by atoms with Crippen molar-refractivity contribution in [2.75, 3.05) is 0 Å². The van der Waals surface area contributed by atoms with Gasteiger partial charge in [-0.3, -0.25) is 0 Å². The lowest BCUT2D eigenvalue weighted by molar-refractivity contribution is 0.135. The highest BCUT2D eigenvalue weighted by Crippen LogP contribution is 2.40. The largest absolute Gasteiger partial charge is 0.393 e. The summed E-state index contributed by atoms with van der Waals surface area (Å²) in [5.74, 6) is 1.60. The van der Waals surface area contributed by atoms with Crippen LogP contribution < -0.4 is 0 Å². The zero-order valence-corrected chi connectivity index (χ0v) is 5.71. The van der Waals surface area contributed by atoms with Crippen molar-refractivity contribution >= 4 is 0 Å². The molecule has 2 rings (SSSR count). The lowest BCUT2D eigenvalue weighted by Gasteiger charge is -2.05. The minimum atomic E-state index is 0.0671. The van der Waals surface area contributed by atoms with Crippen molar-refractivity contribution in [1.29, 1.82) is 0 Å². The maximum absolute atomic E-state index is 9.40. The second-order valence-electron chi connectivity index (χ2n) is 3.58. The van der Waals surface area contributed by atoms with Gasteiger partial charge in [0.15, 0.2) is 0 Å². The van der Waals surface area contributed by atoms with Crippen LogP contribution in [0.4, 0.5) is 0 Å². The van der Waals surface area contributed by atoms with Gasteiger partial charge in [0.05, 0.1) is 6.10 Å². The number of aliphatic hydroxyl groups is 1. The molecule has 0 bridgehead atoms. The fraction of sp³-hybridized carbons (Fsp3) is 1.00. The van der Waals surface area contributed by atoms with Gasteiger partial charge in [-0.2, -0.15) is 0 Å². The van der Waals surface area contributed by atoms with Gasteiger partial charge < -0.3 is 5.11 Å². The molecule has 9 heavy (non-hydrogen) atoms. The van der Waals surface area contributed by atoms with Crippen LogP contribution in [0.2, 0.25) is 0 Å². The maximum Gasteiger partial charge on any atom is 0.0571 e. The molecule has 0 aromatic rings. The SMILES string of the molecule is OC(CC1CC1)C1CC1. The summed E-state index contributed by atoms with van der Waals surface area (Å²) >= 11 is 0. The molecular weight excluding hydrogens is 112 g/mol. The van der Waals surface area contributed by atoms with E-state index < -0.39 is 0 Å². The Morgan fingerprint density at radius 2 is 1.89 bits per heavy atom. The van der Waals surface area contributed by atoms with Crippen LogP contribution in [0.5, 0.6) is 0 Å². The molecule has 0 aromatic carbocycles. The molecule has 2 aliphatic rings. The minimum absolute atomic E-state index is 0.0671. The summed E-state index contributed by atoms with van der Waals surface area (Å²) in [6.45, 7) is 0. The van der Waals surface area contributed by atoms with Gasteiger partial charge in [0, 0.05) is 0 Å². The van der Waals surface area contributed by atoms with Crippen molar-refractivity contribution in [3.05, 3.63) is 0 Å². The topological polar surface area (TPSA) is 20.2 Å². The third-order valence-electron chi connectivity index (χ3n) is 2.44. The second-order valence-corrected chi connectivity index (χ2v) is 3.58. The zero-order valence-electron chi connectivity index (χ0n) is 5.71. The Labute approximate surface area is 56.1 Å². The lowest BCUT2D eigenvalue weighted by Crippen LogP contribution is -2.09. The molecule has 1 unspecified atom stereocenters. The third-order valence-corrected chi connectivity index (χ3v) is 2.44. The molecule has 0 radical (unpaired) electrons. The van der Waals surface area contributed by atoms with Crippen LogP contribution in [0.15, 0.2) is 0 Å². The quantitative estimate of drug-likeness (QED) is 0.608. The van der Waals surface area contributed by atoms with Gasteiger partial charge in [-0.1, -0.05) is 12.8 Å². The molecule has 0 heterocycles. The average molecular weight is 126 g/mol. The predicted molar refractivity (Wildman–Crippen MR) is 36.1 cm³/mol. The first-order valence-electron chi connectivity index (χ1n) is 4.04. The van der Waals surface area contributed by atoms with Gasteiger partial charge in [0.2, 0.25) is 0 Å². The Bertz CT molecular complexity index is 103. The van der Waals surface area contributed by atoms with Crippen molar-refractivity contribution < 1.29 is 5.11 Å². The van der Waals surface area contributed by atoms with E-state index in [-0.39, 0.29) is 6.10 Å². The lowest BCUT2D eigenvalue weighted by atomic mass is 10.1. The number of hydrogen-bond donors (Lipinski definition) is 1. The number of hydrogen-bond acceptors (Lipinski definition) is 1. The van der Waals surface area contributed by atoms with Crippen LogP contribution in [0.1, 0.15) is 32.1 Å². The van der Waals surface area contributed by atoms with E-state index in [0.29, 0.717) is 5.92 Å². The van der Waals surface area contributed by atoms with Crippen molar-refractivity contribution in [3.63, 3.8) is 0 Å². The Morgan fingerprint density at radius 1 is 1.22 bits per heavy atom. The van der Waals surface area contributed by atoms with Crippen LogP contribution in [0, 0.1) is 11.8 Å². The van der Waals surface area contributed by atoms with E-state index in [1.807, 2.05) is 0 Å². The summed E-state index contributed by atoms with van der Waals surface area (Å²) in [6.07, 6.45) is 6.50. The molecule has 2 fully saturated rings. The molecule has 0 saturated heterocycles. The Kier molecular flexibility index (Phi) is 1.26. The molecule has 1 heteroatoms.